The molecule has 0 radical (unpaired) electrons. The van der Waals surface area contributed by atoms with Crippen LogP contribution in [0.4, 0.5) is 5.69 Å². The van der Waals surface area contributed by atoms with E-state index < -0.39 is 0 Å². The zero-order valence-corrected chi connectivity index (χ0v) is 17.5. The second kappa shape index (κ2) is 8.96. The molecule has 0 aliphatic rings. The number of furan rings is 1. The SMILES string of the molecule is Cc1ccc(NC(=O)CSc2nnc(-c3ccccn3)n2Cc2ccco2)cc1C. The second-order valence-electron chi connectivity index (χ2n) is 6.82. The summed E-state index contributed by atoms with van der Waals surface area (Å²) in [6, 6.07) is 15.2. The van der Waals surface area contributed by atoms with Gasteiger partial charge in [-0.1, -0.05) is 23.9 Å². The topological polar surface area (TPSA) is 85.8 Å². The van der Waals surface area contributed by atoms with E-state index in [-0.39, 0.29) is 11.7 Å². The third-order valence-corrected chi connectivity index (χ3v) is 5.59. The molecule has 0 saturated heterocycles. The third-order valence-electron chi connectivity index (χ3n) is 4.63. The fourth-order valence-electron chi connectivity index (χ4n) is 2.93. The lowest BCUT2D eigenvalue weighted by Crippen LogP contribution is -2.15. The normalized spacial score (nSPS) is 10.9. The summed E-state index contributed by atoms with van der Waals surface area (Å²) in [5.74, 6) is 1.51. The monoisotopic (exact) mass is 419 g/mol. The molecular weight excluding hydrogens is 398 g/mol. The van der Waals surface area contributed by atoms with Gasteiger partial charge in [-0.3, -0.25) is 14.3 Å². The number of aryl methyl sites for hydroxylation is 2. The molecule has 3 heterocycles. The van der Waals surface area contributed by atoms with Gasteiger partial charge in [0.05, 0.1) is 18.6 Å². The van der Waals surface area contributed by atoms with Crippen LogP contribution in [0.1, 0.15) is 16.9 Å². The van der Waals surface area contributed by atoms with Crippen LogP contribution in [0.3, 0.4) is 0 Å². The number of anilines is 1. The van der Waals surface area contributed by atoms with Gasteiger partial charge in [0.15, 0.2) is 11.0 Å². The van der Waals surface area contributed by atoms with Gasteiger partial charge in [-0.05, 0) is 61.4 Å². The summed E-state index contributed by atoms with van der Waals surface area (Å²) >= 11 is 1.33. The van der Waals surface area contributed by atoms with Gasteiger partial charge in [0.2, 0.25) is 5.91 Å². The molecule has 7 nitrogen and oxygen atoms in total. The number of thioether (sulfide) groups is 1. The first kappa shape index (κ1) is 19.9. The third kappa shape index (κ3) is 4.60. The highest BCUT2D eigenvalue weighted by molar-refractivity contribution is 7.99. The fraction of sp³-hybridized carbons (Fsp3) is 0.182. The summed E-state index contributed by atoms with van der Waals surface area (Å²) in [5.41, 5.74) is 3.83. The molecule has 4 rings (SSSR count). The Bertz CT molecular complexity index is 1140. The molecule has 1 amide bonds. The van der Waals surface area contributed by atoms with E-state index in [2.05, 4.69) is 20.5 Å². The van der Waals surface area contributed by atoms with E-state index in [1.54, 1.807) is 12.5 Å². The number of hydrogen-bond donors (Lipinski definition) is 1. The quantitative estimate of drug-likeness (QED) is 0.449. The van der Waals surface area contributed by atoms with Crippen molar-refractivity contribution in [3.8, 4) is 11.5 Å². The number of carbonyl (C=O) groups excluding carboxylic acids is 1. The zero-order chi connectivity index (χ0) is 20.9. The Hall–Kier alpha value is -3.39. The summed E-state index contributed by atoms with van der Waals surface area (Å²) < 4.78 is 7.40. The molecule has 0 bridgehead atoms. The van der Waals surface area contributed by atoms with E-state index >= 15 is 0 Å². The molecule has 0 aliphatic carbocycles. The number of carbonyl (C=O) groups is 1. The largest absolute Gasteiger partial charge is 0.467 e. The van der Waals surface area contributed by atoms with Crippen molar-refractivity contribution in [2.75, 3.05) is 11.1 Å². The van der Waals surface area contributed by atoms with Gasteiger partial charge in [0.1, 0.15) is 11.5 Å². The minimum absolute atomic E-state index is 0.102. The van der Waals surface area contributed by atoms with Gasteiger partial charge < -0.3 is 9.73 Å². The predicted molar refractivity (Wildman–Crippen MR) is 116 cm³/mol. The highest BCUT2D eigenvalue weighted by Gasteiger charge is 2.17. The van der Waals surface area contributed by atoms with Crippen LogP contribution in [0.25, 0.3) is 11.5 Å². The summed E-state index contributed by atoms with van der Waals surface area (Å²) in [5, 5.41) is 12.2. The minimum Gasteiger partial charge on any atom is -0.467 e. The van der Waals surface area contributed by atoms with Gasteiger partial charge in [-0.15, -0.1) is 10.2 Å². The number of pyridine rings is 1. The Labute approximate surface area is 178 Å². The van der Waals surface area contributed by atoms with Crippen molar-refractivity contribution in [2.24, 2.45) is 0 Å². The van der Waals surface area contributed by atoms with Crippen LogP contribution in [-0.4, -0.2) is 31.4 Å². The molecule has 1 aromatic carbocycles. The van der Waals surface area contributed by atoms with E-state index in [0.29, 0.717) is 23.2 Å². The first-order valence-electron chi connectivity index (χ1n) is 9.47. The second-order valence-corrected chi connectivity index (χ2v) is 7.77. The molecule has 0 saturated carbocycles. The number of hydrogen-bond acceptors (Lipinski definition) is 6. The summed E-state index contributed by atoms with van der Waals surface area (Å²) in [6.45, 7) is 4.52. The average molecular weight is 420 g/mol. The van der Waals surface area contributed by atoms with Gasteiger partial charge >= 0.3 is 0 Å². The number of nitrogens with one attached hydrogen (secondary N) is 1. The van der Waals surface area contributed by atoms with Crippen LogP contribution in [-0.2, 0) is 11.3 Å². The molecule has 8 heteroatoms. The molecule has 0 atom stereocenters. The zero-order valence-electron chi connectivity index (χ0n) is 16.7. The Morgan fingerprint density at radius 3 is 2.73 bits per heavy atom. The van der Waals surface area contributed by atoms with Crippen molar-refractivity contribution in [1.82, 2.24) is 19.7 Å². The summed E-state index contributed by atoms with van der Waals surface area (Å²) in [4.78, 5) is 16.8. The van der Waals surface area contributed by atoms with E-state index in [1.165, 1.54) is 17.3 Å². The molecule has 4 aromatic rings. The van der Waals surface area contributed by atoms with Crippen LogP contribution >= 0.6 is 11.8 Å². The number of nitrogens with zero attached hydrogens (tertiary/aromatic N) is 4. The highest BCUT2D eigenvalue weighted by atomic mass is 32.2. The Morgan fingerprint density at radius 2 is 2.00 bits per heavy atom. The Kier molecular flexibility index (Phi) is 5.94. The van der Waals surface area contributed by atoms with Gasteiger partial charge in [-0.2, -0.15) is 0 Å². The maximum absolute atomic E-state index is 12.5. The van der Waals surface area contributed by atoms with Crippen LogP contribution in [0.5, 0.6) is 0 Å². The van der Waals surface area contributed by atoms with Crippen LogP contribution < -0.4 is 5.32 Å². The minimum atomic E-state index is -0.102. The highest BCUT2D eigenvalue weighted by Crippen LogP contribution is 2.24. The fourth-order valence-corrected chi connectivity index (χ4v) is 3.67. The standard InChI is InChI=1S/C22H21N5O2S/c1-15-8-9-17(12-16(15)2)24-20(28)14-30-22-26-25-21(19-7-3-4-10-23-19)27(22)13-18-6-5-11-29-18/h3-12H,13-14H2,1-2H3,(H,24,28). The van der Waals surface area contributed by atoms with Crippen molar-refractivity contribution in [1.29, 1.82) is 0 Å². The van der Waals surface area contributed by atoms with E-state index in [4.69, 9.17) is 4.42 Å². The van der Waals surface area contributed by atoms with E-state index in [1.807, 2.05) is 66.9 Å². The molecule has 30 heavy (non-hydrogen) atoms. The van der Waals surface area contributed by atoms with Crippen LogP contribution in [0.15, 0.2) is 70.6 Å². The smallest absolute Gasteiger partial charge is 0.234 e. The maximum Gasteiger partial charge on any atom is 0.234 e. The predicted octanol–water partition coefficient (Wildman–Crippen LogP) is 4.33. The number of rotatable bonds is 7. The lowest BCUT2D eigenvalue weighted by atomic mass is 10.1. The van der Waals surface area contributed by atoms with Crippen molar-refractivity contribution in [3.05, 3.63) is 77.9 Å². The molecular formula is C22H21N5O2S. The number of aromatic nitrogens is 4. The lowest BCUT2D eigenvalue weighted by Gasteiger charge is -2.09. The van der Waals surface area contributed by atoms with Crippen molar-refractivity contribution >= 4 is 23.4 Å². The average Bonchev–Trinajstić information content (AvgIpc) is 3.40. The molecule has 3 aromatic heterocycles. The number of amides is 1. The van der Waals surface area contributed by atoms with E-state index in [0.717, 1.165) is 17.0 Å². The number of benzene rings is 1. The van der Waals surface area contributed by atoms with Crippen molar-refractivity contribution in [3.63, 3.8) is 0 Å². The van der Waals surface area contributed by atoms with Crippen LogP contribution in [0.2, 0.25) is 0 Å². The van der Waals surface area contributed by atoms with Gasteiger partial charge in [0, 0.05) is 11.9 Å². The summed E-state index contributed by atoms with van der Waals surface area (Å²) in [6.07, 6.45) is 3.34. The first-order chi connectivity index (χ1) is 14.6. The molecule has 0 fully saturated rings. The maximum atomic E-state index is 12.5. The van der Waals surface area contributed by atoms with Crippen molar-refractivity contribution < 1.29 is 9.21 Å². The Morgan fingerprint density at radius 1 is 1.10 bits per heavy atom. The lowest BCUT2D eigenvalue weighted by molar-refractivity contribution is -0.113. The van der Waals surface area contributed by atoms with Crippen LogP contribution in [0, 0.1) is 13.8 Å². The molecule has 1 N–H and O–H groups in total. The van der Waals surface area contributed by atoms with E-state index in [9.17, 15) is 4.79 Å². The Balaban J connectivity index is 1.51. The molecule has 152 valence electrons. The molecule has 0 unspecified atom stereocenters. The molecule has 0 aliphatic heterocycles. The van der Waals surface area contributed by atoms with Crippen molar-refractivity contribution in [2.45, 2.75) is 25.5 Å². The first-order valence-corrected chi connectivity index (χ1v) is 10.5. The summed E-state index contributed by atoms with van der Waals surface area (Å²) in [7, 11) is 0. The molecule has 0 spiro atoms. The van der Waals surface area contributed by atoms with Gasteiger partial charge in [0.25, 0.3) is 0 Å². The van der Waals surface area contributed by atoms with Gasteiger partial charge in [-0.25, -0.2) is 0 Å².